The summed E-state index contributed by atoms with van der Waals surface area (Å²) in [6.45, 7) is 0.913. The molecular formula is C14H14ClNS. The molecule has 3 rings (SSSR count). The topological polar surface area (TPSA) is 12.0 Å². The van der Waals surface area contributed by atoms with Crippen LogP contribution in [-0.4, -0.2) is 0 Å². The minimum Gasteiger partial charge on any atom is -0.305 e. The Morgan fingerprint density at radius 1 is 1.35 bits per heavy atom. The molecule has 1 heterocycles. The van der Waals surface area contributed by atoms with Crippen molar-refractivity contribution in [3.63, 3.8) is 0 Å². The molecule has 0 bridgehead atoms. The van der Waals surface area contributed by atoms with Gasteiger partial charge in [-0.05, 0) is 30.0 Å². The molecule has 1 aliphatic carbocycles. The van der Waals surface area contributed by atoms with Crippen molar-refractivity contribution in [1.82, 2.24) is 5.32 Å². The smallest absolute Gasteiger partial charge is 0.0516 e. The number of rotatable bonds is 3. The van der Waals surface area contributed by atoms with Crippen molar-refractivity contribution in [3.8, 4) is 0 Å². The summed E-state index contributed by atoms with van der Waals surface area (Å²) in [4.78, 5) is 1.30. The van der Waals surface area contributed by atoms with E-state index in [2.05, 4.69) is 29.6 Å². The maximum Gasteiger partial charge on any atom is 0.0516 e. The van der Waals surface area contributed by atoms with Gasteiger partial charge in [0, 0.05) is 22.8 Å². The minimum absolute atomic E-state index is 0.507. The van der Waals surface area contributed by atoms with Crippen molar-refractivity contribution in [1.29, 1.82) is 0 Å². The molecule has 0 saturated carbocycles. The van der Waals surface area contributed by atoms with Crippen molar-refractivity contribution < 1.29 is 0 Å². The Bertz CT molecular complexity index is 520. The molecule has 17 heavy (non-hydrogen) atoms. The molecule has 1 aromatic heterocycles. The quantitative estimate of drug-likeness (QED) is 0.876. The number of aryl methyl sites for hydroxylation is 1. The van der Waals surface area contributed by atoms with Gasteiger partial charge in [0.05, 0.1) is 5.02 Å². The second-order valence-corrected chi connectivity index (χ2v) is 5.83. The number of halogens is 1. The third-order valence-electron chi connectivity index (χ3n) is 3.28. The highest BCUT2D eigenvalue weighted by Gasteiger charge is 2.21. The van der Waals surface area contributed by atoms with Crippen LogP contribution < -0.4 is 5.32 Å². The molecule has 0 aliphatic heterocycles. The number of hydrogen-bond acceptors (Lipinski definition) is 2. The first-order chi connectivity index (χ1) is 8.33. The first kappa shape index (κ1) is 11.3. The van der Waals surface area contributed by atoms with Crippen LogP contribution in [0.5, 0.6) is 0 Å². The zero-order valence-electron chi connectivity index (χ0n) is 9.45. The first-order valence-corrected chi connectivity index (χ1v) is 7.13. The van der Waals surface area contributed by atoms with E-state index < -0.39 is 0 Å². The molecule has 1 aliphatic rings. The lowest BCUT2D eigenvalue weighted by Crippen LogP contribution is -2.17. The van der Waals surface area contributed by atoms with E-state index in [-0.39, 0.29) is 0 Å². The SMILES string of the molecule is Clc1csc(CNC2CCc3ccccc32)c1. The molecule has 1 aromatic carbocycles. The normalized spacial score (nSPS) is 18.3. The fraction of sp³-hybridized carbons (Fsp3) is 0.286. The number of fused-ring (bicyclic) bond motifs is 1. The summed E-state index contributed by atoms with van der Waals surface area (Å²) in [5, 5.41) is 6.45. The first-order valence-electron chi connectivity index (χ1n) is 5.87. The fourth-order valence-electron chi connectivity index (χ4n) is 2.44. The molecule has 88 valence electrons. The Morgan fingerprint density at radius 2 is 2.24 bits per heavy atom. The second kappa shape index (κ2) is 4.81. The third-order valence-corrected chi connectivity index (χ3v) is 4.56. The molecule has 0 saturated heterocycles. The van der Waals surface area contributed by atoms with Crippen LogP contribution in [0.1, 0.15) is 28.5 Å². The number of benzene rings is 1. The van der Waals surface area contributed by atoms with E-state index >= 15 is 0 Å². The summed E-state index contributed by atoms with van der Waals surface area (Å²) in [5.41, 5.74) is 2.96. The zero-order valence-corrected chi connectivity index (χ0v) is 11.0. The molecule has 0 amide bonds. The van der Waals surface area contributed by atoms with Gasteiger partial charge < -0.3 is 5.32 Å². The molecule has 0 fully saturated rings. The number of nitrogens with one attached hydrogen (secondary N) is 1. The van der Waals surface area contributed by atoms with Crippen LogP contribution in [0, 0.1) is 0 Å². The highest BCUT2D eigenvalue weighted by Crippen LogP contribution is 2.31. The molecule has 2 aromatic rings. The summed E-state index contributed by atoms with van der Waals surface area (Å²) in [5.74, 6) is 0. The van der Waals surface area contributed by atoms with Crippen LogP contribution in [0.4, 0.5) is 0 Å². The van der Waals surface area contributed by atoms with Crippen molar-refractivity contribution in [3.05, 3.63) is 56.7 Å². The van der Waals surface area contributed by atoms with Gasteiger partial charge >= 0.3 is 0 Å². The van der Waals surface area contributed by atoms with Crippen molar-refractivity contribution in [2.24, 2.45) is 0 Å². The van der Waals surface area contributed by atoms with Gasteiger partial charge in [-0.2, -0.15) is 0 Å². The molecule has 1 nitrogen and oxygen atoms in total. The molecule has 3 heteroatoms. The predicted octanol–water partition coefficient (Wildman–Crippen LogP) is 4.18. The summed E-state index contributed by atoms with van der Waals surface area (Å²) < 4.78 is 0. The van der Waals surface area contributed by atoms with Crippen LogP contribution in [-0.2, 0) is 13.0 Å². The largest absolute Gasteiger partial charge is 0.305 e. The Hall–Kier alpha value is -0.830. The lowest BCUT2D eigenvalue weighted by atomic mass is 10.1. The molecule has 1 N–H and O–H groups in total. The van der Waals surface area contributed by atoms with Gasteiger partial charge in [0.15, 0.2) is 0 Å². The van der Waals surface area contributed by atoms with Gasteiger partial charge in [-0.15, -0.1) is 11.3 Å². The lowest BCUT2D eigenvalue weighted by molar-refractivity contribution is 0.533. The van der Waals surface area contributed by atoms with Crippen molar-refractivity contribution in [2.45, 2.75) is 25.4 Å². The monoisotopic (exact) mass is 263 g/mol. The Kier molecular flexibility index (Phi) is 3.19. The van der Waals surface area contributed by atoms with Crippen LogP contribution in [0.2, 0.25) is 5.02 Å². The van der Waals surface area contributed by atoms with E-state index in [1.54, 1.807) is 11.3 Å². The van der Waals surface area contributed by atoms with E-state index in [1.165, 1.54) is 28.8 Å². The minimum atomic E-state index is 0.507. The molecule has 1 atom stereocenters. The van der Waals surface area contributed by atoms with Crippen LogP contribution in [0.3, 0.4) is 0 Å². The van der Waals surface area contributed by atoms with E-state index in [9.17, 15) is 0 Å². The molecule has 0 radical (unpaired) electrons. The summed E-state index contributed by atoms with van der Waals surface area (Å²) in [6.07, 6.45) is 2.40. The van der Waals surface area contributed by atoms with Gasteiger partial charge in [0.25, 0.3) is 0 Å². The number of hydrogen-bond donors (Lipinski definition) is 1. The Balaban J connectivity index is 1.68. The lowest BCUT2D eigenvalue weighted by Gasteiger charge is -2.13. The highest BCUT2D eigenvalue weighted by molar-refractivity contribution is 7.10. The third kappa shape index (κ3) is 2.39. The van der Waals surface area contributed by atoms with E-state index in [4.69, 9.17) is 11.6 Å². The Morgan fingerprint density at radius 3 is 3.06 bits per heavy atom. The van der Waals surface area contributed by atoms with Gasteiger partial charge in [0.2, 0.25) is 0 Å². The fourth-order valence-corrected chi connectivity index (χ4v) is 3.46. The van der Waals surface area contributed by atoms with Crippen LogP contribution in [0.15, 0.2) is 35.7 Å². The Labute approximate surface area is 110 Å². The van der Waals surface area contributed by atoms with Crippen molar-refractivity contribution >= 4 is 22.9 Å². The van der Waals surface area contributed by atoms with Gasteiger partial charge in [-0.25, -0.2) is 0 Å². The average Bonchev–Trinajstić information content (AvgIpc) is 2.93. The summed E-state index contributed by atoms with van der Waals surface area (Å²) in [7, 11) is 0. The molecule has 0 spiro atoms. The summed E-state index contributed by atoms with van der Waals surface area (Å²) >= 11 is 7.64. The standard InChI is InChI=1S/C14H14ClNS/c15-11-7-12(17-9-11)8-16-14-6-5-10-3-1-2-4-13(10)14/h1-4,7,9,14,16H,5-6,8H2. The predicted molar refractivity (Wildman–Crippen MR) is 73.7 cm³/mol. The van der Waals surface area contributed by atoms with Gasteiger partial charge in [-0.3, -0.25) is 0 Å². The van der Waals surface area contributed by atoms with Crippen LogP contribution in [0.25, 0.3) is 0 Å². The maximum atomic E-state index is 5.92. The van der Waals surface area contributed by atoms with E-state index in [0.717, 1.165) is 11.6 Å². The summed E-state index contributed by atoms with van der Waals surface area (Å²) in [6, 6.07) is 11.3. The number of thiophene rings is 1. The average molecular weight is 264 g/mol. The van der Waals surface area contributed by atoms with Crippen molar-refractivity contribution in [2.75, 3.05) is 0 Å². The van der Waals surface area contributed by atoms with E-state index in [1.807, 2.05) is 11.4 Å². The van der Waals surface area contributed by atoms with Crippen LogP contribution >= 0.6 is 22.9 Å². The highest BCUT2D eigenvalue weighted by atomic mass is 35.5. The second-order valence-electron chi connectivity index (χ2n) is 4.40. The van der Waals surface area contributed by atoms with E-state index in [0.29, 0.717) is 6.04 Å². The van der Waals surface area contributed by atoms with Gasteiger partial charge in [-0.1, -0.05) is 35.9 Å². The zero-order chi connectivity index (χ0) is 11.7. The molecule has 1 unspecified atom stereocenters. The maximum absolute atomic E-state index is 5.92. The molecular weight excluding hydrogens is 250 g/mol. The van der Waals surface area contributed by atoms with Gasteiger partial charge in [0.1, 0.15) is 0 Å².